The summed E-state index contributed by atoms with van der Waals surface area (Å²) >= 11 is 3.28. The van der Waals surface area contributed by atoms with Gasteiger partial charge in [0.25, 0.3) is 0 Å². The Morgan fingerprint density at radius 3 is 2.80 bits per heavy atom. The van der Waals surface area contributed by atoms with Crippen molar-refractivity contribution < 1.29 is 4.79 Å². The molecule has 0 bridgehead atoms. The molecule has 3 N–H and O–H groups in total. The Labute approximate surface area is 69.5 Å². The lowest BCUT2D eigenvalue weighted by molar-refractivity contribution is -0.119. The summed E-state index contributed by atoms with van der Waals surface area (Å²) in [6, 6.07) is 0. The zero-order valence-electron chi connectivity index (χ0n) is 6.06. The van der Waals surface area contributed by atoms with Gasteiger partial charge in [-0.3, -0.25) is 4.79 Å². The SMILES string of the molecule is CC(=O)NC(N)CCCBr. The first-order valence-electron chi connectivity index (χ1n) is 3.25. The van der Waals surface area contributed by atoms with Crippen LogP contribution < -0.4 is 11.1 Å². The van der Waals surface area contributed by atoms with Crippen LogP contribution in [0.2, 0.25) is 0 Å². The van der Waals surface area contributed by atoms with Crippen LogP contribution in [0.15, 0.2) is 0 Å². The Bertz CT molecular complexity index is 108. The van der Waals surface area contributed by atoms with E-state index < -0.39 is 0 Å². The average molecular weight is 209 g/mol. The highest BCUT2D eigenvalue weighted by Crippen LogP contribution is 1.94. The van der Waals surface area contributed by atoms with Crippen molar-refractivity contribution in [2.45, 2.75) is 25.9 Å². The summed E-state index contributed by atoms with van der Waals surface area (Å²) in [7, 11) is 0. The predicted molar refractivity (Wildman–Crippen MR) is 44.8 cm³/mol. The van der Waals surface area contributed by atoms with Gasteiger partial charge in [-0.1, -0.05) is 15.9 Å². The lowest BCUT2D eigenvalue weighted by Crippen LogP contribution is -2.40. The molecule has 10 heavy (non-hydrogen) atoms. The van der Waals surface area contributed by atoms with Crippen molar-refractivity contribution in [3.8, 4) is 0 Å². The fourth-order valence-corrected chi connectivity index (χ4v) is 0.954. The Balaban J connectivity index is 3.25. The molecule has 3 nitrogen and oxygen atoms in total. The number of nitrogens with one attached hydrogen (secondary N) is 1. The second kappa shape index (κ2) is 5.68. The van der Waals surface area contributed by atoms with Crippen LogP contribution in [0.1, 0.15) is 19.8 Å². The summed E-state index contributed by atoms with van der Waals surface area (Å²) in [4.78, 5) is 10.4. The highest BCUT2D eigenvalue weighted by Gasteiger charge is 2.00. The van der Waals surface area contributed by atoms with E-state index in [1.54, 1.807) is 0 Å². The largest absolute Gasteiger partial charge is 0.341 e. The first kappa shape index (κ1) is 9.91. The Morgan fingerprint density at radius 1 is 1.80 bits per heavy atom. The van der Waals surface area contributed by atoms with E-state index in [1.165, 1.54) is 6.92 Å². The van der Waals surface area contributed by atoms with E-state index >= 15 is 0 Å². The number of amides is 1. The summed E-state index contributed by atoms with van der Waals surface area (Å²) in [5, 5.41) is 3.53. The van der Waals surface area contributed by atoms with Gasteiger partial charge in [0.05, 0.1) is 6.17 Å². The van der Waals surface area contributed by atoms with Gasteiger partial charge in [-0.2, -0.15) is 0 Å². The molecule has 0 aliphatic rings. The molecule has 0 aliphatic heterocycles. The van der Waals surface area contributed by atoms with Crippen LogP contribution in [-0.4, -0.2) is 17.4 Å². The van der Waals surface area contributed by atoms with Crippen molar-refractivity contribution in [2.24, 2.45) is 5.73 Å². The highest BCUT2D eigenvalue weighted by atomic mass is 79.9. The van der Waals surface area contributed by atoms with Crippen LogP contribution in [0, 0.1) is 0 Å². The molecule has 0 aromatic rings. The van der Waals surface area contributed by atoms with E-state index in [2.05, 4.69) is 21.2 Å². The standard InChI is InChI=1S/C6H13BrN2O/c1-5(10)9-6(8)3-2-4-7/h6H,2-4,8H2,1H3,(H,9,10). The Kier molecular flexibility index (Phi) is 5.63. The summed E-state index contributed by atoms with van der Waals surface area (Å²) in [6.07, 6.45) is 1.63. The fraction of sp³-hybridized carbons (Fsp3) is 0.833. The third-order valence-corrected chi connectivity index (χ3v) is 1.60. The van der Waals surface area contributed by atoms with Gasteiger partial charge in [-0.25, -0.2) is 0 Å². The van der Waals surface area contributed by atoms with Crippen LogP contribution >= 0.6 is 15.9 Å². The van der Waals surface area contributed by atoms with Gasteiger partial charge in [0.2, 0.25) is 5.91 Å². The van der Waals surface area contributed by atoms with Crippen molar-refractivity contribution in [3.05, 3.63) is 0 Å². The second-order valence-electron chi connectivity index (χ2n) is 2.14. The first-order chi connectivity index (χ1) is 4.66. The van der Waals surface area contributed by atoms with Crippen molar-refractivity contribution in [1.82, 2.24) is 5.32 Å². The molecular weight excluding hydrogens is 196 g/mol. The zero-order valence-corrected chi connectivity index (χ0v) is 7.65. The number of nitrogens with two attached hydrogens (primary N) is 1. The molecule has 1 atom stereocenters. The van der Waals surface area contributed by atoms with Crippen LogP contribution in [0.4, 0.5) is 0 Å². The molecule has 0 saturated carbocycles. The average Bonchev–Trinajstić information content (AvgIpc) is 1.82. The highest BCUT2D eigenvalue weighted by molar-refractivity contribution is 9.09. The van der Waals surface area contributed by atoms with Crippen molar-refractivity contribution in [3.63, 3.8) is 0 Å². The molecule has 0 fully saturated rings. The monoisotopic (exact) mass is 208 g/mol. The maximum atomic E-state index is 10.4. The summed E-state index contributed by atoms with van der Waals surface area (Å²) in [5.41, 5.74) is 5.51. The zero-order chi connectivity index (χ0) is 7.98. The molecular formula is C6H13BrN2O. The minimum absolute atomic E-state index is 0.0675. The molecule has 0 radical (unpaired) electrons. The summed E-state index contributed by atoms with van der Waals surface area (Å²) in [6.45, 7) is 1.47. The molecule has 0 aromatic heterocycles. The number of hydrogen-bond acceptors (Lipinski definition) is 2. The van der Waals surface area contributed by atoms with Gasteiger partial charge >= 0.3 is 0 Å². The van der Waals surface area contributed by atoms with Gasteiger partial charge < -0.3 is 11.1 Å². The van der Waals surface area contributed by atoms with Crippen molar-refractivity contribution in [2.75, 3.05) is 5.33 Å². The molecule has 0 aliphatic carbocycles. The van der Waals surface area contributed by atoms with E-state index in [1.807, 2.05) is 0 Å². The van der Waals surface area contributed by atoms with Crippen molar-refractivity contribution >= 4 is 21.8 Å². The van der Waals surface area contributed by atoms with E-state index in [4.69, 9.17) is 5.73 Å². The molecule has 1 unspecified atom stereocenters. The smallest absolute Gasteiger partial charge is 0.218 e. The molecule has 0 aromatic carbocycles. The number of hydrogen-bond donors (Lipinski definition) is 2. The van der Waals surface area contributed by atoms with Gasteiger partial charge in [0.1, 0.15) is 0 Å². The normalized spacial score (nSPS) is 12.7. The second-order valence-corrected chi connectivity index (χ2v) is 2.93. The predicted octanol–water partition coefficient (Wildman–Crippen LogP) is 0.582. The number of halogens is 1. The minimum Gasteiger partial charge on any atom is -0.341 e. The Hall–Kier alpha value is -0.0900. The number of alkyl halides is 1. The molecule has 4 heteroatoms. The third-order valence-electron chi connectivity index (χ3n) is 1.04. The number of carbonyl (C=O) groups excluding carboxylic acids is 1. The van der Waals surface area contributed by atoms with E-state index in [-0.39, 0.29) is 12.1 Å². The first-order valence-corrected chi connectivity index (χ1v) is 4.37. The molecule has 60 valence electrons. The van der Waals surface area contributed by atoms with Crippen LogP contribution in [0.3, 0.4) is 0 Å². The molecule has 1 amide bonds. The summed E-state index contributed by atoms with van der Waals surface area (Å²) < 4.78 is 0. The maximum absolute atomic E-state index is 10.4. The minimum atomic E-state index is -0.185. The molecule has 0 heterocycles. The van der Waals surface area contributed by atoms with Gasteiger partial charge in [-0.05, 0) is 12.8 Å². The van der Waals surface area contributed by atoms with E-state index in [0.717, 1.165) is 18.2 Å². The maximum Gasteiger partial charge on any atom is 0.218 e. The lowest BCUT2D eigenvalue weighted by atomic mass is 10.3. The molecule has 0 rings (SSSR count). The number of rotatable bonds is 4. The van der Waals surface area contributed by atoms with Crippen molar-refractivity contribution in [1.29, 1.82) is 0 Å². The topological polar surface area (TPSA) is 55.1 Å². The van der Waals surface area contributed by atoms with E-state index in [9.17, 15) is 4.79 Å². The van der Waals surface area contributed by atoms with Crippen LogP contribution in [0.25, 0.3) is 0 Å². The molecule has 0 saturated heterocycles. The summed E-state index contributed by atoms with van der Waals surface area (Å²) in [5.74, 6) is -0.0675. The Morgan fingerprint density at radius 2 is 2.40 bits per heavy atom. The van der Waals surface area contributed by atoms with Gasteiger partial charge in [0.15, 0.2) is 0 Å². The fourth-order valence-electron chi connectivity index (χ4n) is 0.630. The van der Waals surface area contributed by atoms with Crippen LogP contribution in [-0.2, 0) is 4.79 Å². The van der Waals surface area contributed by atoms with Gasteiger partial charge in [-0.15, -0.1) is 0 Å². The lowest BCUT2D eigenvalue weighted by Gasteiger charge is -2.10. The van der Waals surface area contributed by atoms with Crippen LogP contribution in [0.5, 0.6) is 0 Å². The van der Waals surface area contributed by atoms with E-state index in [0.29, 0.717) is 0 Å². The van der Waals surface area contributed by atoms with Gasteiger partial charge in [0, 0.05) is 12.3 Å². The molecule has 0 spiro atoms. The quantitative estimate of drug-likeness (QED) is 0.525. The number of carbonyl (C=O) groups is 1. The third kappa shape index (κ3) is 6.04.